The zero-order chi connectivity index (χ0) is 10.8. The number of carbonyl (C=O) groups is 2. The molecule has 0 fully saturated rings. The zero-order valence-corrected chi connectivity index (χ0v) is 7.22. The summed E-state index contributed by atoms with van der Waals surface area (Å²) in [6, 6.07) is -1.87. The largest absolute Gasteiger partial charge is 0.480 e. The average Bonchev–Trinajstić information content (AvgIpc) is 1.82. The normalized spacial score (nSPS) is 13.4. The molecule has 3 N–H and O–H groups in total. The summed E-state index contributed by atoms with van der Waals surface area (Å²) in [5.41, 5.74) is 0. The Bertz CT molecular complexity index is 319. The van der Waals surface area contributed by atoms with E-state index in [0.29, 0.717) is 0 Å². The van der Waals surface area contributed by atoms with Gasteiger partial charge in [-0.1, -0.05) is 0 Å². The summed E-state index contributed by atoms with van der Waals surface area (Å²) >= 11 is 0. The fraction of sp³-hybridized carbons (Fsp3) is 0.500. The highest BCUT2D eigenvalue weighted by atomic mass is 32.2. The van der Waals surface area contributed by atoms with Crippen molar-refractivity contribution < 1.29 is 32.8 Å². The van der Waals surface area contributed by atoms with Crippen LogP contribution in [0.15, 0.2) is 0 Å². The third-order valence-corrected chi connectivity index (χ3v) is 2.12. The van der Waals surface area contributed by atoms with Gasteiger partial charge in [0, 0.05) is 0 Å². The third kappa shape index (κ3) is 2.87. The molecule has 0 aliphatic heterocycles. The molecule has 13 heavy (non-hydrogen) atoms. The van der Waals surface area contributed by atoms with Gasteiger partial charge < -0.3 is 10.2 Å². The standard InChI is InChI=1S/C4H7NO7S/c1-2(3(6)7)5(4(8)9)13(10,11)12/h2H,1H3,(H,6,7)(H,8,9)(H,10,11,12)/t2-/m0/s1. The van der Waals surface area contributed by atoms with Gasteiger partial charge in [-0.25, -0.2) is 9.59 Å². The predicted octanol–water partition coefficient (Wildman–Crippen LogP) is -0.758. The van der Waals surface area contributed by atoms with E-state index in [1.165, 1.54) is 0 Å². The average molecular weight is 213 g/mol. The van der Waals surface area contributed by atoms with Crippen LogP contribution in [0.4, 0.5) is 4.79 Å². The first-order valence-electron chi connectivity index (χ1n) is 2.90. The summed E-state index contributed by atoms with van der Waals surface area (Å²) < 4.78 is 28.5. The second kappa shape index (κ2) is 3.58. The lowest BCUT2D eigenvalue weighted by molar-refractivity contribution is -0.140. The van der Waals surface area contributed by atoms with Gasteiger partial charge in [0.25, 0.3) is 0 Å². The van der Waals surface area contributed by atoms with E-state index in [1.54, 1.807) is 0 Å². The molecule has 0 rings (SSSR count). The van der Waals surface area contributed by atoms with Gasteiger partial charge in [-0.3, -0.25) is 4.55 Å². The first-order chi connectivity index (χ1) is 5.68. The SMILES string of the molecule is C[C@@H](C(=O)O)N(C(=O)O)S(=O)(=O)O. The van der Waals surface area contributed by atoms with E-state index >= 15 is 0 Å². The van der Waals surface area contributed by atoms with Crippen molar-refractivity contribution in [3.05, 3.63) is 0 Å². The number of amides is 1. The van der Waals surface area contributed by atoms with E-state index in [0.717, 1.165) is 6.92 Å². The molecule has 0 unspecified atom stereocenters. The van der Waals surface area contributed by atoms with Crippen LogP contribution in [0.2, 0.25) is 0 Å². The van der Waals surface area contributed by atoms with Gasteiger partial charge in [0.15, 0.2) is 0 Å². The van der Waals surface area contributed by atoms with Gasteiger partial charge in [-0.2, -0.15) is 12.7 Å². The second-order valence-electron chi connectivity index (χ2n) is 2.07. The maximum atomic E-state index is 10.4. The molecule has 1 amide bonds. The van der Waals surface area contributed by atoms with Crippen LogP contribution in [0.3, 0.4) is 0 Å². The number of hydrogen-bond acceptors (Lipinski definition) is 4. The van der Waals surface area contributed by atoms with E-state index in [-0.39, 0.29) is 0 Å². The van der Waals surface area contributed by atoms with E-state index in [4.69, 9.17) is 14.8 Å². The number of nitrogens with zero attached hydrogens (tertiary/aromatic N) is 1. The van der Waals surface area contributed by atoms with Gasteiger partial charge >= 0.3 is 22.4 Å². The van der Waals surface area contributed by atoms with E-state index in [9.17, 15) is 18.0 Å². The highest BCUT2D eigenvalue weighted by Crippen LogP contribution is 2.05. The van der Waals surface area contributed by atoms with Crippen LogP contribution in [-0.4, -0.2) is 45.6 Å². The fourth-order valence-electron chi connectivity index (χ4n) is 0.564. The highest BCUT2D eigenvalue weighted by Gasteiger charge is 2.34. The van der Waals surface area contributed by atoms with Crippen LogP contribution >= 0.6 is 0 Å². The molecule has 0 aromatic heterocycles. The lowest BCUT2D eigenvalue weighted by Crippen LogP contribution is -2.45. The van der Waals surface area contributed by atoms with Gasteiger partial charge in [-0.15, -0.1) is 0 Å². The summed E-state index contributed by atoms with van der Waals surface area (Å²) in [4.78, 5) is 20.4. The monoisotopic (exact) mass is 213 g/mol. The fourth-order valence-corrected chi connectivity index (χ4v) is 1.25. The van der Waals surface area contributed by atoms with Crippen molar-refractivity contribution in [2.45, 2.75) is 13.0 Å². The van der Waals surface area contributed by atoms with Crippen molar-refractivity contribution in [1.82, 2.24) is 4.31 Å². The van der Waals surface area contributed by atoms with Gasteiger partial charge in [-0.05, 0) is 6.92 Å². The van der Waals surface area contributed by atoms with Gasteiger partial charge in [0.05, 0.1) is 0 Å². The number of carboxylic acid groups (broad SMARTS) is 2. The Morgan fingerprint density at radius 2 is 1.69 bits per heavy atom. The highest BCUT2D eigenvalue weighted by molar-refractivity contribution is 7.84. The molecule has 0 radical (unpaired) electrons. The molecule has 9 heteroatoms. The number of rotatable bonds is 3. The van der Waals surface area contributed by atoms with Crippen LogP contribution in [0.25, 0.3) is 0 Å². The molecule has 76 valence electrons. The zero-order valence-electron chi connectivity index (χ0n) is 6.41. The summed E-state index contributed by atoms with van der Waals surface area (Å²) in [6.07, 6.45) is -2.06. The van der Waals surface area contributed by atoms with E-state index in [2.05, 4.69) is 0 Å². The molecular formula is C4H7NO7S. The minimum absolute atomic E-state index is 0.560. The minimum atomic E-state index is -5.06. The smallest absolute Gasteiger partial charge is 0.423 e. The summed E-state index contributed by atoms with van der Waals surface area (Å²) in [7, 11) is -5.06. The maximum absolute atomic E-state index is 10.4. The van der Waals surface area contributed by atoms with Crippen molar-refractivity contribution in [3.63, 3.8) is 0 Å². The molecular weight excluding hydrogens is 206 g/mol. The second-order valence-corrected chi connectivity index (χ2v) is 3.36. The van der Waals surface area contributed by atoms with Crippen molar-refractivity contribution in [2.24, 2.45) is 0 Å². The molecule has 0 saturated heterocycles. The molecule has 0 spiro atoms. The molecule has 0 saturated carbocycles. The summed E-state index contributed by atoms with van der Waals surface area (Å²) in [6.45, 7) is 0.810. The van der Waals surface area contributed by atoms with E-state index < -0.39 is 32.7 Å². The van der Waals surface area contributed by atoms with E-state index in [1.807, 2.05) is 0 Å². The predicted molar refractivity (Wildman–Crippen MR) is 38.5 cm³/mol. The summed E-state index contributed by atoms with van der Waals surface area (Å²) in [5, 5.41) is 16.5. The molecule has 1 atom stereocenters. The van der Waals surface area contributed by atoms with Crippen molar-refractivity contribution in [1.29, 1.82) is 0 Å². The molecule has 0 aromatic rings. The number of hydrogen-bond donors (Lipinski definition) is 3. The molecule has 0 heterocycles. The minimum Gasteiger partial charge on any atom is -0.480 e. The topological polar surface area (TPSA) is 132 Å². The summed E-state index contributed by atoms with van der Waals surface area (Å²) in [5.74, 6) is -1.68. The molecule has 0 aromatic carbocycles. The van der Waals surface area contributed by atoms with Gasteiger partial charge in [0.1, 0.15) is 6.04 Å². The number of aliphatic carboxylic acids is 1. The maximum Gasteiger partial charge on any atom is 0.423 e. The third-order valence-electron chi connectivity index (χ3n) is 1.15. The van der Waals surface area contributed by atoms with Crippen LogP contribution in [0.1, 0.15) is 6.92 Å². The molecule has 0 aliphatic carbocycles. The Hall–Kier alpha value is -1.35. The van der Waals surface area contributed by atoms with Crippen molar-refractivity contribution in [3.8, 4) is 0 Å². The molecule has 0 aliphatic rings. The quantitative estimate of drug-likeness (QED) is 0.525. The lowest BCUT2D eigenvalue weighted by Gasteiger charge is -2.18. The Kier molecular flexibility index (Phi) is 3.21. The van der Waals surface area contributed by atoms with Crippen molar-refractivity contribution in [2.75, 3.05) is 0 Å². The number of carboxylic acids is 1. The Balaban J connectivity index is 5.07. The first-order valence-corrected chi connectivity index (χ1v) is 4.30. The van der Waals surface area contributed by atoms with Gasteiger partial charge in [0.2, 0.25) is 0 Å². The van der Waals surface area contributed by atoms with Crippen LogP contribution in [0.5, 0.6) is 0 Å². The lowest BCUT2D eigenvalue weighted by atomic mass is 10.3. The van der Waals surface area contributed by atoms with Crippen LogP contribution < -0.4 is 0 Å². The van der Waals surface area contributed by atoms with Crippen LogP contribution in [-0.2, 0) is 15.1 Å². The Labute approximate surface area is 73.3 Å². The van der Waals surface area contributed by atoms with Crippen LogP contribution in [0, 0.1) is 0 Å². The Morgan fingerprint density at radius 1 is 1.31 bits per heavy atom. The Morgan fingerprint density at radius 3 is 1.77 bits per heavy atom. The molecule has 8 nitrogen and oxygen atoms in total. The molecule has 0 bridgehead atoms. The first kappa shape index (κ1) is 11.6. The van der Waals surface area contributed by atoms with Crippen molar-refractivity contribution >= 4 is 22.4 Å².